The smallest absolute Gasteiger partial charge is 0.272 e. The van der Waals surface area contributed by atoms with Crippen molar-refractivity contribution in [2.75, 3.05) is 20.3 Å². The molecule has 0 atom stereocenters. The fourth-order valence-corrected chi connectivity index (χ4v) is 3.12. The Morgan fingerprint density at radius 3 is 2.62 bits per heavy atom. The molecule has 1 fully saturated rings. The van der Waals surface area contributed by atoms with Crippen LogP contribution in [0.3, 0.4) is 0 Å². The zero-order valence-corrected chi connectivity index (χ0v) is 18.3. The molecule has 1 saturated carbocycles. The van der Waals surface area contributed by atoms with Crippen molar-refractivity contribution in [2.24, 2.45) is 10.3 Å². The molecule has 0 radical (unpaired) electrons. The highest BCUT2D eigenvalue weighted by Crippen LogP contribution is 2.32. The highest BCUT2D eigenvalue weighted by atomic mass is 35.5. The van der Waals surface area contributed by atoms with Crippen molar-refractivity contribution in [1.29, 1.82) is 0 Å². The lowest BCUT2D eigenvalue weighted by Crippen LogP contribution is -2.21. The van der Waals surface area contributed by atoms with Crippen molar-refractivity contribution in [3.8, 4) is 17.5 Å². The molecule has 1 aliphatic carbocycles. The Hall–Kier alpha value is -3.14. The number of oxime groups is 2. The van der Waals surface area contributed by atoms with Gasteiger partial charge in [-0.25, -0.2) is 0 Å². The monoisotopic (exact) mass is 466 g/mol. The molecule has 0 unspecified atom stereocenters. The molecular weight excluding hydrogens is 443 g/mol. The van der Waals surface area contributed by atoms with Crippen LogP contribution in [0.4, 0.5) is 4.39 Å². The molecule has 0 bridgehead atoms. The molecule has 4 rings (SSSR count). The Balaban J connectivity index is 0.000000243. The van der Waals surface area contributed by atoms with Crippen molar-refractivity contribution in [3.05, 3.63) is 41.4 Å². The maximum atomic E-state index is 14.4. The molecule has 9 nitrogen and oxygen atoms in total. The fourth-order valence-electron chi connectivity index (χ4n) is 2.94. The van der Waals surface area contributed by atoms with Crippen LogP contribution in [-0.2, 0) is 14.4 Å². The summed E-state index contributed by atoms with van der Waals surface area (Å²) >= 11 is 6.00. The van der Waals surface area contributed by atoms with Crippen molar-refractivity contribution >= 4 is 23.7 Å². The first-order chi connectivity index (χ1) is 15.7. The second-order valence-corrected chi connectivity index (χ2v) is 7.14. The predicted octanol–water partition coefficient (Wildman–Crippen LogP) is 4.75. The van der Waals surface area contributed by atoms with Gasteiger partial charge in [0.05, 0.1) is 5.02 Å². The molecule has 2 aliphatic rings. The number of benzene rings is 1. The van der Waals surface area contributed by atoms with Crippen molar-refractivity contribution in [3.63, 3.8) is 0 Å². The minimum absolute atomic E-state index is 0.00585. The standard InChI is InChI=1S/C16H16ClFN2O2.C5H8N2O3/c17-12-8-4-5-9-13(12)22-16-14(18)15(19-10-20-16)21-11-6-2-1-3-7-11;1-8-6-4-5-7-10-3-2-9-5/h4-5,8-11H,1-3,6-7H2;4H,2-3H2,1H3/b;6-4+. The fraction of sp³-hybridized carbons (Fsp3) is 0.429. The van der Waals surface area contributed by atoms with E-state index >= 15 is 0 Å². The average molecular weight is 467 g/mol. The van der Waals surface area contributed by atoms with Crippen LogP contribution in [0.5, 0.6) is 17.5 Å². The average Bonchev–Trinajstić information content (AvgIpc) is 2.83. The molecule has 2 heterocycles. The highest BCUT2D eigenvalue weighted by molar-refractivity contribution is 6.32. The van der Waals surface area contributed by atoms with Crippen LogP contribution in [0.2, 0.25) is 5.02 Å². The summed E-state index contributed by atoms with van der Waals surface area (Å²) in [6, 6.07) is 6.82. The summed E-state index contributed by atoms with van der Waals surface area (Å²) < 4.78 is 30.5. The Kier molecular flexibility index (Phi) is 9.30. The van der Waals surface area contributed by atoms with E-state index in [4.69, 9.17) is 30.6 Å². The number of para-hydroxylation sites is 1. The van der Waals surface area contributed by atoms with Gasteiger partial charge in [0.15, 0.2) is 6.61 Å². The lowest BCUT2D eigenvalue weighted by Gasteiger charge is -2.22. The van der Waals surface area contributed by atoms with E-state index in [1.54, 1.807) is 24.3 Å². The Morgan fingerprint density at radius 1 is 1.12 bits per heavy atom. The molecule has 0 saturated heterocycles. The van der Waals surface area contributed by atoms with E-state index in [2.05, 4.69) is 25.1 Å². The number of halogens is 2. The summed E-state index contributed by atoms with van der Waals surface area (Å²) in [5, 5.41) is 7.35. The molecule has 1 aliphatic heterocycles. The van der Waals surface area contributed by atoms with Crippen molar-refractivity contribution in [1.82, 2.24) is 9.97 Å². The predicted molar refractivity (Wildman–Crippen MR) is 116 cm³/mol. The van der Waals surface area contributed by atoms with Crippen LogP contribution >= 0.6 is 11.6 Å². The second-order valence-electron chi connectivity index (χ2n) is 6.74. The van der Waals surface area contributed by atoms with E-state index in [1.165, 1.54) is 26.1 Å². The molecular formula is C21H24ClFN4O5. The van der Waals surface area contributed by atoms with E-state index in [0.29, 0.717) is 29.9 Å². The van der Waals surface area contributed by atoms with Gasteiger partial charge in [-0.1, -0.05) is 35.3 Å². The van der Waals surface area contributed by atoms with Crippen molar-refractivity contribution < 1.29 is 28.3 Å². The molecule has 0 amide bonds. The van der Waals surface area contributed by atoms with Gasteiger partial charge in [-0.05, 0) is 43.0 Å². The maximum absolute atomic E-state index is 14.4. The van der Waals surface area contributed by atoms with E-state index in [-0.39, 0.29) is 17.9 Å². The Labute approximate surface area is 190 Å². The van der Waals surface area contributed by atoms with Gasteiger partial charge in [-0.15, -0.1) is 0 Å². The molecule has 1 aromatic carbocycles. The number of hydrogen-bond donors (Lipinski definition) is 0. The third kappa shape index (κ3) is 7.23. The first-order valence-corrected chi connectivity index (χ1v) is 10.5. The molecule has 172 valence electrons. The second kappa shape index (κ2) is 12.7. The van der Waals surface area contributed by atoms with Gasteiger partial charge in [0.1, 0.15) is 38.1 Å². The number of nitrogens with zero attached hydrogens (tertiary/aromatic N) is 4. The van der Waals surface area contributed by atoms with Gasteiger partial charge >= 0.3 is 0 Å². The van der Waals surface area contributed by atoms with Gasteiger partial charge in [0.25, 0.3) is 17.7 Å². The largest absolute Gasteiger partial charge is 0.472 e. The molecule has 0 spiro atoms. The minimum atomic E-state index is -0.701. The third-order valence-electron chi connectivity index (χ3n) is 4.45. The van der Waals surface area contributed by atoms with E-state index in [9.17, 15) is 4.39 Å². The summed E-state index contributed by atoms with van der Waals surface area (Å²) in [6.07, 6.45) is 7.82. The Bertz CT molecular complexity index is 925. The van der Waals surface area contributed by atoms with E-state index in [0.717, 1.165) is 25.7 Å². The zero-order valence-electron chi connectivity index (χ0n) is 17.6. The van der Waals surface area contributed by atoms with E-state index in [1.807, 2.05) is 0 Å². The quantitative estimate of drug-likeness (QED) is 0.447. The molecule has 32 heavy (non-hydrogen) atoms. The third-order valence-corrected chi connectivity index (χ3v) is 4.76. The topological polar surface area (TPSA) is 96.7 Å². The number of hydrogen-bond acceptors (Lipinski definition) is 9. The number of ether oxygens (including phenoxy) is 3. The number of aromatic nitrogens is 2. The van der Waals surface area contributed by atoms with Crippen molar-refractivity contribution in [2.45, 2.75) is 38.2 Å². The summed E-state index contributed by atoms with van der Waals surface area (Å²) in [6.45, 7) is 0.999. The van der Waals surface area contributed by atoms with Gasteiger partial charge in [0, 0.05) is 0 Å². The van der Waals surface area contributed by atoms with Crippen LogP contribution in [0.25, 0.3) is 0 Å². The minimum Gasteiger partial charge on any atom is -0.472 e. The van der Waals surface area contributed by atoms with Gasteiger partial charge in [-0.3, -0.25) is 0 Å². The van der Waals surface area contributed by atoms with Gasteiger partial charge in [0.2, 0.25) is 5.82 Å². The van der Waals surface area contributed by atoms with Crippen LogP contribution in [0.1, 0.15) is 32.1 Å². The van der Waals surface area contributed by atoms with Crippen LogP contribution < -0.4 is 9.47 Å². The molecule has 2 aromatic rings. The van der Waals surface area contributed by atoms with Crippen LogP contribution in [0.15, 0.2) is 40.9 Å². The Morgan fingerprint density at radius 2 is 1.91 bits per heavy atom. The van der Waals surface area contributed by atoms with E-state index < -0.39 is 5.82 Å². The summed E-state index contributed by atoms with van der Waals surface area (Å²) in [5.74, 6) is -0.274. The summed E-state index contributed by atoms with van der Waals surface area (Å²) in [5.41, 5.74) is 0. The first-order valence-electron chi connectivity index (χ1n) is 10.2. The summed E-state index contributed by atoms with van der Waals surface area (Å²) in [4.78, 5) is 16.8. The first kappa shape index (κ1) is 23.5. The number of rotatable bonds is 6. The zero-order chi connectivity index (χ0) is 22.6. The molecule has 0 N–H and O–H groups in total. The SMILES string of the molecule is CO/N=C/C1=NOCCO1.Fc1c(Oc2ccccc2Cl)ncnc1OC1CCCCC1. The lowest BCUT2D eigenvalue weighted by atomic mass is 9.98. The van der Waals surface area contributed by atoms with Crippen LogP contribution in [-0.4, -0.2) is 48.5 Å². The molecule has 11 heteroatoms. The lowest BCUT2D eigenvalue weighted by molar-refractivity contribution is 0.0676. The highest BCUT2D eigenvalue weighted by Gasteiger charge is 2.21. The normalized spacial score (nSPS) is 16.2. The van der Waals surface area contributed by atoms with Gasteiger partial charge in [-0.2, -0.15) is 14.4 Å². The van der Waals surface area contributed by atoms with Gasteiger partial charge < -0.3 is 23.9 Å². The van der Waals surface area contributed by atoms with Crippen LogP contribution in [0, 0.1) is 5.82 Å². The summed E-state index contributed by atoms with van der Waals surface area (Å²) in [7, 11) is 1.45. The molecule has 1 aromatic heterocycles. The maximum Gasteiger partial charge on any atom is 0.272 e.